The number of benzene rings is 2. The largest absolute Gasteiger partial charge is 0.350 e. The van der Waals surface area contributed by atoms with Crippen LogP contribution >= 0.6 is 0 Å². The van der Waals surface area contributed by atoms with Crippen LogP contribution in [0.25, 0.3) is 0 Å². The van der Waals surface area contributed by atoms with Crippen molar-refractivity contribution in [3.05, 3.63) is 65.2 Å². The Morgan fingerprint density at radius 2 is 1.43 bits per heavy atom. The van der Waals surface area contributed by atoms with Crippen LogP contribution in [0.3, 0.4) is 0 Å². The number of hydrogen-bond acceptors (Lipinski definition) is 2. The molecular weight excluding hydrogens is 302 g/mol. The number of amides is 2. The van der Waals surface area contributed by atoms with E-state index in [0.29, 0.717) is 5.56 Å². The topological polar surface area (TPSA) is 58.2 Å². The summed E-state index contributed by atoms with van der Waals surface area (Å²) in [5.41, 5.74) is -0.0982. The van der Waals surface area contributed by atoms with E-state index in [1.165, 1.54) is 24.3 Å². The zero-order chi connectivity index (χ0) is 17.0. The van der Waals surface area contributed by atoms with Gasteiger partial charge in [-0.2, -0.15) is 0 Å². The molecule has 2 rings (SSSR count). The average molecular weight is 318 g/mol. The summed E-state index contributed by atoms with van der Waals surface area (Å²) in [4.78, 5) is 24.1. The lowest BCUT2D eigenvalue weighted by molar-refractivity contribution is 0.0943. The van der Waals surface area contributed by atoms with Crippen LogP contribution in [0.4, 0.5) is 14.5 Å². The minimum atomic E-state index is -0.868. The minimum absolute atomic E-state index is 0.0486. The van der Waals surface area contributed by atoms with Crippen LogP contribution in [-0.4, -0.2) is 17.9 Å². The number of anilines is 1. The summed E-state index contributed by atoms with van der Waals surface area (Å²) in [6, 6.07) is 9.16. The van der Waals surface area contributed by atoms with Crippen LogP contribution in [0.1, 0.15) is 34.6 Å². The second-order valence-electron chi connectivity index (χ2n) is 5.26. The highest BCUT2D eigenvalue weighted by molar-refractivity contribution is 6.06. The molecule has 0 aliphatic rings. The molecule has 2 amide bonds. The van der Waals surface area contributed by atoms with Gasteiger partial charge in [0.25, 0.3) is 11.8 Å². The Bertz CT molecular complexity index is 725. The molecule has 6 heteroatoms. The van der Waals surface area contributed by atoms with E-state index in [2.05, 4.69) is 10.6 Å². The maximum Gasteiger partial charge on any atom is 0.255 e. The molecule has 2 N–H and O–H groups in total. The van der Waals surface area contributed by atoms with Gasteiger partial charge in [-0.1, -0.05) is 12.1 Å². The van der Waals surface area contributed by atoms with Crippen molar-refractivity contribution in [1.29, 1.82) is 0 Å². The molecule has 0 bridgehead atoms. The molecule has 0 aromatic heterocycles. The lowest BCUT2D eigenvalue weighted by atomic mass is 10.1. The van der Waals surface area contributed by atoms with Crippen LogP contribution in [0.5, 0.6) is 0 Å². The third-order valence-electron chi connectivity index (χ3n) is 3.01. The number of para-hydroxylation sites is 1. The van der Waals surface area contributed by atoms with Gasteiger partial charge in [0.05, 0.1) is 0 Å². The molecule has 0 aliphatic heterocycles. The second-order valence-corrected chi connectivity index (χ2v) is 5.26. The maximum absolute atomic E-state index is 13.6. The van der Waals surface area contributed by atoms with Crippen LogP contribution in [0, 0.1) is 11.6 Å². The highest BCUT2D eigenvalue weighted by atomic mass is 19.1. The summed E-state index contributed by atoms with van der Waals surface area (Å²) in [5, 5.41) is 4.88. The zero-order valence-electron chi connectivity index (χ0n) is 12.7. The van der Waals surface area contributed by atoms with Crippen LogP contribution in [0.15, 0.2) is 42.5 Å². The van der Waals surface area contributed by atoms with Gasteiger partial charge in [-0.3, -0.25) is 9.59 Å². The van der Waals surface area contributed by atoms with Crippen molar-refractivity contribution in [2.75, 3.05) is 5.32 Å². The number of halogens is 2. The van der Waals surface area contributed by atoms with E-state index in [1.54, 1.807) is 6.07 Å². The Morgan fingerprint density at radius 3 is 2.00 bits per heavy atom. The van der Waals surface area contributed by atoms with Gasteiger partial charge in [0.1, 0.15) is 17.3 Å². The van der Waals surface area contributed by atoms with Crippen LogP contribution < -0.4 is 10.6 Å². The Hall–Kier alpha value is -2.76. The summed E-state index contributed by atoms with van der Waals surface area (Å²) in [6.07, 6.45) is 0. The molecule has 0 aliphatic carbocycles. The smallest absolute Gasteiger partial charge is 0.255 e. The summed E-state index contributed by atoms with van der Waals surface area (Å²) in [7, 11) is 0. The molecule has 2 aromatic carbocycles. The van der Waals surface area contributed by atoms with Gasteiger partial charge in [-0.25, -0.2) is 8.78 Å². The molecular formula is C17H16F2N2O2. The zero-order valence-corrected chi connectivity index (χ0v) is 12.7. The van der Waals surface area contributed by atoms with E-state index in [4.69, 9.17) is 0 Å². The predicted octanol–water partition coefficient (Wildman–Crippen LogP) is 3.36. The van der Waals surface area contributed by atoms with Crippen molar-refractivity contribution in [3.8, 4) is 0 Å². The van der Waals surface area contributed by atoms with E-state index < -0.39 is 23.2 Å². The van der Waals surface area contributed by atoms with Crippen molar-refractivity contribution in [1.82, 2.24) is 5.32 Å². The number of hydrogen-bond donors (Lipinski definition) is 2. The lowest BCUT2D eigenvalue weighted by Gasteiger charge is -2.10. The van der Waals surface area contributed by atoms with E-state index in [-0.39, 0.29) is 17.5 Å². The fourth-order valence-corrected chi connectivity index (χ4v) is 1.95. The maximum atomic E-state index is 13.6. The normalized spacial score (nSPS) is 10.5. The van der Waals surface area contributed by atoms with Gasteiger partial charge in [-0.05, 0) is 44.2 Å². The molecule has 0 atom stereocenters. The summed E-state index contributed by atoms with van der Waals surface area (Å²) < 4.78 is 27.1. The van der Waals surface area contributed by atoms with Gasteiger partial charge in [0.2, 0.25) is 0 Å². The monoisotopic (exact) mass is 318 g/mol. The molecule has 0 saturated heterocycles. The van der Waals surface area contributed by atoms with Gasteiger partial charge in [-0.15, -0.1) is 0 Å². The average Bonchev–Trinajstić information content (AvgIpc) is 2.50. The van der Waals surface area contributed by atoms with Gasteiger partial charge in [0, 0.05) is 17.2 Å². The van der Waals surface area contributed by atoms with Crippen LogP contribution in [-0.2, 0) is 0 Å². The van der Waals surface area contributed by atoms with Gasteiger partial charge in [0.15, 0.2) is 0 Å². The summed E-state index contributed by atoms with van der Waals surface area (Å²) >= 11 is 0. The van der Waals surface area contributed by atoms with Crippen molar-refractivity contribution >= 4 is 17.5 Å². The molecule has 0 fully saturated rings. The first kappa shape index (κ1) is 16.6. The third-order valence-corrected chi connectivity index (χ3v) is 3.01. The lowest BCUT2D eigenvalue weighted by Crippen LogP contribution is -2.30. The van der Waals surface area contributed by atoms with Crippen LogP contribution in [0.2, 0.25) is 0 Å². The first-order valence-corrected chi connectivity index (χ1v) is 7.04. The van der Waals surface area contributed by atoms with E-state index in [1.807, 2.05) is 13.8 Å². The molecule has 120 valence electrons. The second kappa shape index (κ2) is 7.00. The first-order chi connectivity index (χ1) is 10.9. The van der Waals surface area contributed by atoms with Crippen molar-refractivity contribution < 1.29 is 18.4 Å². The number of nitrogens with one attached hydrogen (secondary N) is 2. The minimum Gasteiger partial charge on any atom is -0.350 e. The Balaban J connectivity index is 2.22. The molecule has 0 unspecified atom stereocenters. The SMILES string of the molecule is CC(C)NC(=O)c1cccc(C(=O)Nc2c(F)cccc2F)c1. The quantitative estimate of drug-likeness (QED) is 0.908. The molecule has 0 spiro atoms. The molecule has 0 radical (unpaired) electrons. The number of carbonyl (C=O) groups is 2. The number of carbonyl (C=O) groups excluding carboxylic acids is 2. The first-order valence-electron chi connectivity index (χ1n) is 7.04. The number of rotatable bonds is 4. The summed E-state index contributed by atoms with van der Waals surface area (Å²) in [6.45, 7) is 3.63. The Labute approximate surface area is 132 Å². The van der Waals surface area contributed by atoms with Crippen molar-refractivity contribution in [2.45, 2.75) is 19.9 Å². The highest BCUT2D eigenvalue weighted by Gasteiger charge is 2.15. The van der Waals surface area contributed by atoms with Gasteiger partial charge >= 0.3 is 0 Å². The molecule has 4 nitrogen and oxygen atoms in total. The van der Waals surface area contributed by atoms with E-state index in [9.17, 15) is 18.4 Å². The van der Waals surface area contributed by atoms with E-state index >= 15 is 0 Å². The molecule has 2 aromatic rings. The molecule has 0 heterocycles. The highest BCUT2D eigenvalue weighted by Crippen LogP contribution is 2.19. The predicted molar refractivity (Wildman–Crippen MR) is 83.4 cm³/mol. The molecule has 23 heavy (non-hydrogen) atoms. The van der Waals surface area contributed by atoms with E-state index in [0.717, 1.165) is 12.1 Å². The van der Waals surface area contributed by atoms with Crippen molar-refractivity contribution in [3.63, 3.8) is 0 Å². The Morgan fingerprint density at radius 1 is 0.913 bits per heavy atom. The van der Waals surface area contributed by atoms with Gasteiger partial charge < -0.3 is 10.6 Å². The summed E-state index contributed by atoms with van der Waals surface area (Å²) in [5.74, 6) is -2.76. The fraction of sp³-hybridized carbons (Fsp3) is 0.176. The third kappa shape index (κ3) is 4.12. The Kier molecular flexibility index (Phi) is 5.05. The molecule has 0 saturated carbocycles. The fourth-order valence-electron chi connectivity index (χ4n) is 1.95. The standard InChI is InChI=1S/C17H16F2N2O2/c1-10(2)20-16(22)11-5-3-6-12(9-11)17(23)21-15-13(18)7-4-8-14(15)19/h3-10H,1-2H3,(H,20,22)(H,21,23). The van der Waals surface area contributed by atoms with Crippen molar-refractivity contribution in [2.24, 2.45) is 0 Å².